The van der Waals surface area contributed by atoms with Gasteiger partial charge < -0.3 is 10.2 Å². The molecule has 0 heterocycles. The molecule has 2 amide bonds. The average Bonchev–Trinajstić information content (AvgIpc) is 2.93. The van der Waals surface area contributed by atoms with Gasteiger partial charge in [-0.15, -0.1) is 0 Å². The van der Waals surface area contributed by atoms with Gasteiger partial charge in [0.05, 0.1) is 10.6 Å². The van der Waals surface area contributed by atoms with Crippen LogP contribution in [0.5, 0.6) is 0 Å². The van der Waals surface area contributed by atoms with Crippen molar-refractivity contribution >= 4 is 50.7 Å². The number of aryl methyl sites for hydroxylation is 2. The largest absolute Gasteiger partial charge is 0.355 e. The number of hydrogen-bond donors (Lipinski definition) is 1. The topological polar surface area (TPSA) is 86.8 Å². The second-order valence-corrected chi connectivity index (χ2v) is 12.1. The first-order valence-corrected chi connectivity index (χ1v) is 15.4. The lowest BCUT2D eigenvalue weighted by molar-refractivity contribution is -0.140. The number of benzene rings is 3. The average molecular weight is 605 g/mol. The van der Waals surface area contributed by atoms with Gasteiger partial charge in [0.25, 0.3) is 10.0 Å². The van der Waals surface area contributed by atoms with E-state index in [-0.39, 0.29) is 17.3 Å². The number of anilines is 1. The van der Waals surface area contributed by atoms with Crippen LogP contribution in [0.3, 0.4) is 0 Å². The van der Waals surface area contributed by atoms with Crippen molar-refractivity contribution in [3.05, 3.63) is 93.5 Å². The van der Waals surface area contributed by atoms with Crippen LogP contribution < -0.4 is 9.62 Å². The standard InChI is InChI=1S/C30H35Cl2N3O4S/c1-5-22-10-8-9-11-28(22)35(40(38,39)25-16-12-21(4)13-17-25)20-29(36)34(27(6-2)30(37)33-7-3)19-23-14-15-24(31)18-26(23)32/h8-18,27H,5-7,19-20H2,1-4H3,(H,33,37)/t27-/m1/s1. The van der Waals surface area contributed by atoms with Crippen LogP contribution in [0.4, 0.5) is 5.69 Å². The van der Waals surface area contributed by atoms with Gasteiger partial charge in [0.1, 0.15) is 12.6 Å². The molecule has 0 spiro atoms. The molecule has 0 saturated heterocycles. The van der Waals surface area contributed by atoms with Crippen LogP contribution in [-0.4, -0.2) is 44.3 Å². The quantitative estimate of drug-likeness (QED) is 0.275. The highest BCUT2D eigenvalue weighted by Gasteiger charge is 2.34. The summed E-state index contributed by atoms with van der Waals surface area (Å²) in [6.45, 7) is 7.27. The lowest BCUT2D eigenvalue weighted by atomic mass is 10.1. The number of rotatable bonds is 12. The first kappa shape index (κ1) is 31.5. The van der Waals surface area contributed by atoms with E-state index in [2.05, 4.69) is 5.32 Å². The van der Waals surface area contributed by atoms with Crippen molar-refractivity contribution in [2.75, 3.05) is 17.4 Å². The van der Waals surface area contributed by atoms with Crippen molar-refractivity contribution in [1.82, 2.24) is 10.2 Å². The van der Waals surface area contributed by atoms with Gasteiger partial charge in [-0.2, -0.15) is 0 Å². The Morgan fingerprint density at radius 2 is 1.60 bits per heavy atom. The molecule has 0 aliphatic heterocycles. The minimum atomic E-state index is -4.14. The minimum Gasteiger partial charge on any atom is -0.355 e. The summed E-state index contributed by atoms with van der Waals surface area (Å²) in [6.07, 6.45) is 0.879. The number of amides is 2. The Kier molecular flexibility index (Phi) is 11.0. The fourth-order valence-electron chi connectivity index (χ4n) is 4.45. The second-order valence-electron chi connectivity index (χ2n) is 9.38. The Balaban J connectivity index is 2.12. The maximum absolute atomic E-state index is 14.1. The molecule has 1 atom stereocenters. The van der Waals surface area contributed by atoms with Crippen molar-refractivity contribution < 1.29 is 18.0 Å². The summed E-state index contributed by atoms with van der Waals surface area (Å²) < 4.78 is 29.2. The lowest BCUT2D eigenvalue weighted by Gasteiger charge is -2.33. The van der Waals surface area contributed by atoms with E-state index in [0.29, 0.717) is 40.7 Å². The van der Waals surface area contributed by atoms with E-state index >= 15 is 0 Å². The third kappa shape index (κ3) is 7.36. The van der Waals surface area contributed by atoms with Crippen molar-refractivity contribution in [2.24, 2.45) is 0 Å². The summed E-state index contributed by atoms with van der Waals surface area (Å²) in [6, 6.07) is 17.7. The molecular weight excluding hydrogens is 569 g/mol. The number of likely N-dealkylation sites (N-methyl/N-ethyl adjacent to an activating group) is 1. The van der Waals surface area contributed by atoms with Crippen LogP contribution in [-0.2, 0) is 32.6 Å². The smallest absolute Gasteiger partial charge is 0.264 e. The zero-order chi connectivity index (χ0) is 29.4. The number of carbonyl (C=O) groups is 2. The van der Waals surface area contributed by atoms with Gasteiger partial charge in [0, 0.05) is 23.1 Å². The predicted octanol–water partition coefficient (Wildman–Crippen LogP) is 6.00. The molecule has 3 rings (SSSR count). The SMILES string of the molecule is CCNC(=O)[C@@H](CC)N(Cc1ccc(Cl)cc1Cl)C(=O)CN(c1ccccc1CC)S(=O)(=O)c1ccc(C)cc1. The zero-order valence-corrected chi connectivity index (χ0v) is 25.5. The number of sulfonamides is 1. The molecule has 0 unspecified atom stereocenters. The monoisotopic (exact) mass is 603 g/mol. The van der Waals surface area contributed by atoms with E-state index in [1.165, 1.54) is 17.0 Å². The molecule has 0 aliphatic carbocycles. The Morgan fingerprint density at radius 1 is 0.925 bits per heavy atom. The number of hydrogen-bond acceptors (Lipinski definition) is 4. The van der Waals surface area contributed by atoms with Crippen LogP contribution in [0, 0.1) is 6.92 Å². The molecular formula is C30H35Cl2N3O4S. The maximum atomic E-state index is 14.1. The first-order valence-electron chi connectivity index (χ1n) is 13.2. The van der Waals surface area contributed by atoms with Gasteiger partial charge in [-0.3, -0.25) is 13.9 Å². The van der Waals surface area contributed by atoms with Crippen LogP contribution >= 0.6 is 23.2 Å². The van der Waals surface area contributed by atoms with Crippen LogP contribution in [0.1, 0.15) is 43.9 Å². The highest BCUT2D eigenvalue weighted by molar-refractivity contribution is 7.92. The van der Waals surface area contributed by atoms with Crippen LogP contribution in [0.15, 0.2) is 71.6 Å². The summed E-state index contributed by atoms with van der Waals surface area (Å²) in [5.74, 6) is -0.865. The second kappa shape index (κ2) is 14.0. The van der Waals surface area contributed by atoms with Gasteiger partial charge in [0.15, 0.2) is 0 Å². The first-order chi connectivity index (χ1) is 19.0. The fraction of sp³-hybridized carbons (Fsp3) is 0.333. The molecule has 0 aromatic heterocycles. The molecule has 0 fully saturated rings. The van der Waals surface area contributed by atoms with E-state index in [1.807, 2.05) is 26.0 Å². The number of halogens is 2. The Bertz CT molecular complexity index is 1450. The van der Waals surface area contributed by atoms with Crippen molar-refractivity contribution in [1.29, 1.82) is 0 Å². The summed E-state index contributed by atoms with van der Waals surface area (Å²) in [5, 5.41) is 3.57. The van der Waals surface area contributed by atoms with E-state index in [4.69, 9.17) is 23.2 Å². The van der Waals surface area contributed by atoms with E-state index in [1.54, 1.807) is 56.3 Å². The van der Waals surface area contributed by atoms with E-state index in [9.17, 15) is 18.0 Å². The molecule has 10 heteroatoms. The third-order valence-corrected chi connectivity index (χ3v) is 8.98. The molecule has 0 radical (unpaired) electrons. The molecule has 7 nitrogen and oxygen atoms in total. The summed E-state index contributed by atoms with van der Waals surface area (Å²) in [4.78, 5) is 28.7. The number of nitrogens with zero attached hydrogens (tertiary/aromatic N) is 2. The highest BCUT2D eigenvalue weighted by Crippen LogP contribution is 2.29. The fourth-order valence-corrected chi connectivity index (χ4v) is 6.37. The van der Waals surface area contributed by atoms with Crippen molar-refractivity contribution in [3.63, 3.8) is 0 Å². The Labute approximate surface area is 247 Å². The minimum absolute atomic E-state index is 0.00167. The van der Waals surface area contributed by atoms with E-state index < -0.39 is 28.5 Å². The number of nitrogens with one attached hydrogen (secondary N) is 1. The summed E-state index contributed by atoms with van der Waals surface area (Å²) in [7, 11) is -4.14. The maximum Gasteiger partial charge on any atom is 0.264 e. The Morgan fingerprint density at radius 3 is 2.20 bits per heavy atom. The number of carbonyl (C=O) groups excluding carboxylic acids is 2. The molecule has 0 aliphatic rings. The normalized spacial score (nSPS) is 12.1. The lowest BCUT2D eigenvalue weighted by Crippen LogP contribution is -2.52. The molecule has 3 aromatic rings. The van der Waals surface area contributed by atoms with Gasteiger partial charge in [-0.1, -0.05) is 79.0 Å². The molecule has 214 valence electrons. The van der Waals surface area contributed by atoms with Crippen molar-refractivity contribution in [3.8, 4) is 0 Å². The molecule has 0 saturated carbocycles. The highest BCUT2D eigenvalue weighted by atomic mass is 35.5. The van der Waals surface area contributed by atoms with Gasteiger partial charge in [0.2, 0.25) is 11.8 Å². The van der Waals surface area contributed by atoms with Crippen LogP contribution in [0.25, 0.3) is 0 Å². The van der Waals surface area contributed by atoms with Crippen LogP contribution in [0.2, 0.25) is 10.0 Å². The van der Waals surface area contributed by atoms with Gasteiger partial charge in [-0.05, 0) is 68.1 Å². The molecule has 40 heavy (non-hydrogen) atoms. The third-order valence-electron chi connectivity index (χ3n) is 6.62. The van der Waals surface area contributed by atoms with Gasteiger partial charge >= 0.3 is 0 Å². The predicted molar refractivity (Wildman–Crippen MR) is 161 cm³/mol. The Hall–Kier alpha value is -3.07. The molecule has 1 N–H and O–H groups in total. The molecule has 3 aromatic carbocycles. The van der Waals surface area contributed by atoms with Gasteiger partial charge in [-0.25, -0.2) is 8.42 Å². The molecule has 0 bridgehead atoms. The van der Waals surface area contributed by atoms with Crippen molar-refractivity contribution in [2.45, 2.75) is 58.0 Å². The number of para-hydroxylation sites is 1. The summed E-state index contributed by atoms with van der Waals surface area (Å²) in [5.41, 5.74) is 2.68. The zero-order valence-electron chi connectivity index (χ0n) is 23.2. The van der Waals surface area contributed by atoms with E-state index in [0.717, 1.165) is 15.4 Å². The summed E-state index contributed by atoms with van der Waals surface area (Å²) >= 11 is 12.5.